The number of nitrogens with one attached hydrogen (secondary N) is 1. The molecule has 1 aliphatic carbocycles. The lowest BCUT2D eigenvalue weighted by molar-refractivity contribution is -0.118. The van der Waals surface area contributed by atoms with Crippen molar-refractivity contribution >= 4 is 17.7 Å². The fraction of sp³-hybridized carbons (Fsp3) is 0.280. The summed E-state index contributed by atoms with van der Waals surface area (Å²) in [5.41, 5.74) is 3.99. The summed E-state index contributed by atoms with van der Waals surface area (Å²) < 4.78 is 7.27. The molecule has 1 aliphatic heterocycles. The molecule has 2 aromatic carbocycles. The van der Waals surface area contributed by atoms with Crippen LogP contribution in [0.4, 0.5) is 5.95 Å². The van der Waals surface area contributed by atoms with Gasteiger partial charge in [0, 0.05) is 17.7 Å². The van der Waals surface area contributed by atoms with Crippen LogP contribution >= 0.6 is 0 Å². The van der Waals surface area contributed by atoms with Gasteiger partial charge in [-0.25, -0.2) is 9.48 Å². The van der Waals surface area contributed by atoms with Crippen molar-refractivity contribution in [1.29, 1.82) is 0 Å². The summed E-state index contributed by atoms with van der Waals surface area (Å²) in [6.45, 7) is 6.16. The predicted molar refractivity (Wildman–Crippen MR) is 119 cm³/mol. The number of carbonyl (C=O) groups is 2. The van der Waals surface area contributed by atoms with Gasteiger partial charge in [0.15, 0.2) is 5.78 Å². The molecule has 7 heteroatoms. The van der Waals surface area contributed by atoms with Crippen molar-refractivity contribution in [3.05, 3.63) is 82.8 Å². The van der Waals surface area contributed by atoms with Crippen LogP contribution in [0.3, 0.4) is 0 Å². The number of hydrogen-bond acceptors (Lipinski definition) is 6. The highest BCUT2D eigenvalue weighted by molar-refractivity contribution is 6.00. The first-order chi connectivity index (χ1) is 15.3. The number of fused-ring (bicyclic) bond motifs is 1. The predicted octanol–water partition coefficient (Wildman–Crippen LogP) is 4.46. The number of hydrogen-bond donors (Lipinski definition) is 1. The SMILES string of the molecule is Cc1ccc(C(=O)Oc2ccc([C@@H]3C4=C(CC(C)(C)CC4=O)Nc4ncnn43)cc2)cc1. The topological polar surface area (TPSA) is 86.1 Å². The van der Waals surface area contributed by atoms with Crippen LogP contribution in [0.5, 0.6) is 5.75 Å². The van der Waals surface area contributed by atoms with Crippen molar-refractivity contribution < 1.29 is 14.3 Å². The first-order valence-electron chi connectivity index (χ1n) is 10.6. The first kappa shape index (κ1) is 20.2. The van der Waals surface area contributed by atoms with Crippen molar-refractivity contribution in [1.82, 2.24) is 14.8 Å². The number of esters is 1. The van der Waals surface area contributed by atoms with Crippen LogP contribution in [0, 0.1) is 12.3 Å². The average molecular weight is 428 g/mol. The Labute approximate surface area is 186 Å². The Morgan fingerprint density at radius 2 is 1.81 bits per heavy atom. The van der Waals surface area contributed by atoms with E-state index in [2.05, 4.69) is 29.2 Å². The van der Waals surface area contributed by atoms with Crippen molar-refractivity contribution in [3.63, 3.8) is 0 Å². The standard InChI is InChI=1S/C25H24N4O3/c1-15-4-6-17(7-5-15)23(31)32-18-10-8-16(9-11-18)22-21-19(12-25(2,3)13-20(21)30)28-24-26-14-27-29(22)24/h4-11,14,22H,12-13H2,1-3H3,(H,26,27,28)/t22-/m1/s1. The molecule has 0 bridgehead atoms. The van der Waals surface area contributed by atoms with Crippen LogP contribution in [0.25, 0.3) is 0 Å². The van der Waals surface area contributed by atoms with E-state index < -0.39 is 5.97 Å². The molecule has 162 valence electrons. The third-order valence-electron chi connectivity index (χ3n) is 5.97. The van der Waals surface area contributed by atoms with Gasteiger partial charge in [-0.3, -0.25) is 4.79 Å². The molecule has 2 heterocycles. The minimum Gasteiger partial charge on any atom is -0.423 e. The molecule has 0 spiro atoms. The normalized spacial score (nSPS) is 19.1. The largest absolute Gasteiger partial charge is 0.423 e. The maximum absolute atomic E-state index is 13.1. The third kappa shape index (κ3) is 3.60. The van der Waals surface area contributed by atoms with E-state index >= 15 is 0 Å². The van der Waals surface area contributed by atoms with E-state index in [1.54, 1.807) is 28.9 Å². The summed E-state index contributed by atoms with van der Waals surface area (Å²) in [5, 5.41) is 7.67. The molecule has 32 heavy (non-hydrogen) atoms. The zero-order chi connectivity index (χ0) is 22.5. The van der Waals surface area contributed by atoms with Gasteiger partial charge in [-0.2, -0.15) is 10.1 Å². The number of ketones is 1. The van der Waals surface area contributed by atoms with Crippen molar-refractivity contribution in [2.75, 3.05) is 5.32 Å². The number of aryl methyl sites for hydroxylation is 1. The van der Waals surface area contributed by atoms with Gasteiger partial charge in [-0.05, 0) is 48.6 Å². The molecule has 0 unspecified atom stereocenters. The van der Waals surface area contributed by atoms with E-state index in [9.17, 15) is 9.59 Å². The van der Waals surface area contributed by atoms with Gasteiger partial charge in [0.25, 0.3) is 0 Å². The number of benzene rings is 2. The second-order valence-corrected chi connectivity index (χ2v) is 9.21. The molecular weight excluding hydrogens is 404 g/mol. The number of aromatic nitrogens is 3. The average Bonchev–Trinajstić information content (AvgIpc) is 3.20. The summed E-state index contributed by atoms with van der Waals surface area (Å²) >= 11 is 0. The van der Waals surface area contributed by atoms with E-state index in [1.165, 1.54) is 6.33 Å². The number of carbonyl (C=O) groups excluding carboxylic acids is 2. The van der Waals surface area contributed by atoms with Crippen LogP contribution in [0.2, 0.25) is 0 Å². The molecule has 0 amide bonds. The van der Waals surface area contributed by atoms with Crippen LogP contribution < -0.4 is 10.1 Å². The molecule has 0 fully saturated rings. The van der Waals surface area contributed by atoms with Gasteiger partial charge in [0.05, 0.1) is 5.56 Å². The van der Waals surface area contributed by atoms with Crippen molar-refractivity contribution in [2.24, 2.45) is 5.41 Å². The Morgan fingerprint density at radius 1 is 1.09 bits per heavy atom. The Morgan fingerprint density at radius 3 is 2.53 bits per heavy atom. The molecule has 1 atom stereocenters. The maximum Gasteiger partial charge on any atom is 0.343 e. The minimum absolute atomic E-state index is 0.107. The van der Waals surface area contributed by atoms with Crippen LogP contribution in [-0.4, -0.2) is 26.5 Å². The first-order valence-corrected chi connectivity index (χ1v) is 10.6. The lowest BCUT2D eigenvalue weighted by Crippen LogP contribution is -2.36. The van der Waals surface area contributed by atoms with Crippen molar-refractivity contribution in [3.8, 4) is 5.75 Å². The highest BCUT2D eigenvalue weighted by Crippen LogP contribution is 2.45. The van der Waals surface area contributed by atoms with Crippen LogP contribution in [0.15, 0.2) is 66.1 Å². The number of ether oxygens (including phenoxy) is 1. The van der Waals surface area contributed by atoms with Gasteiger partial charge in [-0.15, -0.1) is 0 Å². The summed E-state index contributed by atoms with van der Waals surface area (Å²) in [7, 11) is 0. The minimum atomic E-state index is -0.409. The summed E-state index contributed by atoms with van der Waals surface area (Å²) in [5.74, 6) is 0.768. The van der Waals surface area contributed by atoms with E-state index in [0.717, 1.165) is 28.8 Å². The monoisotopic (exact) mass is 428 g/mol. The number of allylic oxidation sites excluding steroid dienone is 2. The van der Waals surface area contributed by atoms with Gasteiger partial charge in [-0.1, -0.05) is 43.7 Å². The third-order valence-corrected chi connectivity index (χ3v) is 5.97. The fourth-order valence-electron chi connectivity index (χ4n) is 4.43. The Hall–Kier alpha value is -3.74. The number of anilines is 1. The molecule has 0 radical (unpaired) electrons. The maximum atomic E-state index is 13.1. The second kappa shape index (κ2) is 7.44. The highest BCUT2D eigenvalue weighted by Gasteiger charge is 2.41. The molecule has 5 rings (SSSR count). The Balaban J connectivity index is 1.45. The van der Waals surface area contributed by atoms with E-state index in [1.807, 2.05) is 31.2 Å². The molecule has 0 saturated carbocycles. The van der Waals surface area contributed by atoms with E-state index in [4.69, 9.17) is 4.74 Å². The van der Waals surface area contributed by atoms with Gasteiger partial charge < -0.3 is 10.1 Å². The fourth-order valence-corrected chi connectivity index (χ4v) is 4.43. The Bertz CT molecular complexity index is 1240. The molecule has 0 saturated heterocycles. The lowest BCUT2D eigenvalue weighted by atomic mass is 9.73. The molecular formula is C25H24N4O3. The van der Waals surface area contributed by atoms with E-state index in [-0.39, 0.29) is 17.2 Å². The van der Waals surface area contributed by atoms with Crippen molar-refractivity contribution in [2.45, 2.75) is 39.7 Å². The van der Waals surface area contributed by atoms with Crippen LogP contribution in [-0.2, 0) is 4.79 Å². The van der Waals surface area contributed by atoms with E-state index in [0.29, 0.717) is 23.7 Å². The summed E-state index contributed by atoms with van der Waals surface area (Å²) in [4.78, 5) is 29.9. The molecule has 1 N–H and O–H groups in total. The molecule has 7 nitrogen and oxygen atoms in total. The van der Waals surface area contributed by atoms with Gasteiger partial charge >= 0.3 is 5.97 Å². The van der Waals surface area contributed by atoms with Gasteiger partial charge in [0.1, 0.15) is 18.1 Å². The smallest absolute Gasteiger partial charge is 0.343 e. The summed E-state index contributed by atoms with van der Waals surface area (Å²) in [6, 6.07) is 14.1. The summed E-state index contributed by atoms with van der Waals surface area (Å²) in [6.07, 6.45) is 2.74. The lowest BCUT2D eigenvalue weighted by Gasteiger charge is -2.38. The molecule has 3 aromatic rings. The number of nitrogens with zero attached hydrogens (tertiary/aromatic N) is 3. The quantitative estimate of drug-likeness (QED) is 0.490. The van der Waals surface area contributed by atoms with Gasteiger partial charge in [0.2, 0.25) is 5.95 Å². The zero-order valence-corrected chi connectivity index (χ0v) is 18.3. The van der Waals surface area contributed by atoms with Crippen LogP contribution in [0.1, 0.15) is 54.2 Å². The zero-order valence-electron chi connectivity index (χ0n) is 18.3. The number of Topliss-reactive ketones (excluding diaryl/α,β-unsaturated/α-hetero) is 1. The second-order valence-electron chi connectivity index (χ2n) is 9.21. The molecule has 2 aliphatic rings. The number of rotatable bonds is 3. The molecule has 1 aromatic heterocycles. The highest BCUT2D eigenvalue weighted by atomic mass is 16.5. The Kier molecular flexibility index (Phi) is 4.69.